The van der Waals surface area contributed by atoms with Crippen molar-refractivity contribution in [3.63, 3.8) is 0 Å². The van der Waals surface area contributed by atoms with Gasteiger partial charge in [-0.25, -0.2) is 0 Å². The highest BCUT2D eigenvalue weighted by molar-refractivity contribution is 5.63. The van der Waals surface area contributed by atoms with Gasteiger partial charge < -0.3 is 18.7 Å². The van der Waals surface area contributed by atoms with E-state index in [1.165, 1.54) is 0 Å². The number of nitrogens with zero attached hydrogens (tertiary/aromatic N) is 1. The summed E-state index contributed by atoms with van der Waals surface area (Å²) < 4.78 is 22.8. The van der Waals surface area contributed by atoms with Crippen LogP contribution < -0.4 is 0 Å². The van der Waals surface area contributed by atoms with Crippen molar-refractivity contribution in [2.24, 2.45) is 0 Å². The van der Waals surface area contributed by atoms with Gasteiger partial charge in [0.25, 0.3) is 0 Å². The molecule has 3 rings (SSSR count). The maximum atomic E-state index is 5.89. The van der Waals surface area contributed by atoms with Crippen molar-refractivity contribution < 1.29 is 18.7 Å². The van der Waals surface area contributed by atoms with Crippen molar-refractivity contribution in [3.05, 3.63) is 41.7 Å². The van der Waals surface area contributed by atoms with Gasteiger partial charge in [0.15, 0.2) is 12.6 Å². The monoisotopic (exact) mass is 303 g/mol. The van der Waals surface area contributed by atoms with E-state index in [4.69, 9.17) is 18.7 Å². The van der Waals surface area contributed by atoms with Crippen LogP contribution in [0.3, 0.4) is 0 Å². The van der Waals surface area contributed by atoms with E-state index in [0.29, 0.717) is 26.1 Å². The van der Waals surface area contributed by atoms with E-state index in [0.717, 1.165) is 22.6 Å². The van der Waals surface area contributed by atoms with Gasteiger partial charge in [0, 0.05) is 30.8 Å². The summed E-state index contributed by atoms with van der Waals surface area (Å²) >= 11 is 0. The summed E-state index contributed by atoms with van der Waals surface area (Å²) in [5.41, 5.74) is 2.95. The lowest BCUT2D eigenvalue weighted by atomic mass is 10.0. The van der Waals surface area contributed by atoms with Crippen molar-refractivity contribution in [1.29, 1.82) is 0 Å². The van der Waals surface area contributed by atoms with Crippen LogP contribution in [0.1, 0.15) is 25.2 Å². The Hall–Kier alpha value is -1.69. The molecule has 1 aromatic heterocycles. The van der Waals surface area contributed by atoms with Gasteiger partial charge in [-0.15, -0.1) is 0 Å². The Morgan fingerprint density at radius 1 is 1.05 bits per heavy atom. The number of hydrogen-bond donors (Lipinski definition) is 0. The molecule has 2 aromatic rings. The first-order valence-corrected chi connectivity index (χ1v) is 7.73. The summed E-state index contributed by atoms with van der Waals surface area (Å²) in [6.07, 6.45) is 0.455. The van der Waals surface area contributed by atoms with Gasteiger partial charge in [0.2, 0.25) is 0 Å². The molecule has 2 atom stereocenters. The number of rotatable bonds is 5. The molecule has 0 aliphatic carbocycles. The second kappa shape index (κ2) is 7.05. The lowest BCUT2D eigenvalue weighted by Crippen LogP contribution is -2.27. The van der Waals surface area contributed by atoms with Crippen LogP contribution in [0.5, 0.6) is 0 Å². The average Bonchev–Trinajstić information content (AvgIpc) is 2.83. The maximum absolute atomic E-state index is 5.89. The molecule has 0 amide bonds. The molecular formula is C17H21NO4. The number of benzene rings is 1. The van der Waals surface area contributed by atoms with Gasteiger partial charge in [-0.1, -0.05) is 35.5 Å². The van der Waals surface area contributed by atoms with Gasteiger partial charge in [-0.2, -0.15) is 0 Å². The minimum atomic E-state index is -0.362. The second-order valence-corrected chi connectivity index (χ2v) is 5.11. The predicted molar refractivity (Wildman–Crippen MR) is 81.3 cm³/mol. The summed E-state index contributed by atoms with van der Waals surface area (Å²) in [7, 11) is 0. The molecule has 0 unspecified atom stereocenters. The molecule has 0 fully saturated rings. The van der Waals surface area contributed by atoms with Crippen LogP contribution in [0, 0.1) is 0 Å². The van der Waals surface area contributed by atoms with Crippen molar-refractivity contribution in [2.75, 3.05) is 13.2 Å². The first-order chi connectivity index (χ1) is 10.8. The lowest BCUT2D eigenvalue weighted by molar-refractivity contribution is -0.239. The van der Waals surface area contributed by atoms with Crippen LogP contribution in [0.4, 0.5) is 0 Å². The van der Waals surface area contributed by atoms with Crippen LogP contribution in [0.25, 0.3) is 11.3 Å². The molecule has 0 saturated heterocycles. The molecule has 0 radical (unpaired) electrons. The molecule has 1 aliphatic heterocycles. The largest absolute Gasteiger partial charge is 0.360 e. The van der Waals surface area contributed by atoms with E-state index in [-0.39, 0.29) is 12.6 Å². The first kappa shape index (κ1) is 15.2. The highest BCUT2D eigenvalue weighted by Crippen LogP contribution is 2.31. The summed E-state index contributed by atoms with van der Waals surface area (Å²) in [6, 6.07) is 10.0. The Kier molecular flexibility index (Phi) is 4.87. The van der Waals surface area contributed by atoms with Gasteiger partial charge in [-0.3, -0.25) is 0 Å². The third-order valence-electron chi connectivity index (χ3n) is 3.65. The summed E-state index contributed by atoms with van der Waals surface area (Å²) in [4.78, 5) is 0. The number of aromatic nitrogens is 1. The molecule has 0 bridgehead atoms. The zero-order chi connectivity index (χ0) is 15.4. The molecule has 0 spiro atoms. The fourth-order valence-electron chi connectivity index (χ4n) is 2.69. The predicted octanol–water partition coefficient (Wildman–Crippen LogP) is 3.18. The quantitative estimate of drug-likeness (QED) is 0.849. The molecule has 0 saturated carbocycles. The van der Waals surface area contributed by atoms with E-state index < -0.39 is 0 Å². The molecule has 22 heavy (non-hydrogen) atoms. The SMILES string of the molecule is CCO[C@H]1Cc2onc(-c3ccccc3)c2C[C@@H](OCC)O1. The number of ether oxygens (including phenoxy) is 3. The molecule has 5 nitrogen and oxygen atoms in total. The summed E-state index contributed by atoms with van der Waals surface area (Å²) in [5.74, 6) is 0.819. The van der Waals surface area contributed by atoms with Crippen LogP contribution >= 0.6 is 0 Å². The highest BCUT2D eigenvalue weighted by Gasteiger charge is 2.30. The number of hydrogen-bond acceptors (Lipinski definition) is 5. The van der Waals surface area contributed by atoms with Gasteiger partial charge in [0.05, 0.1) is 6.42 Å². The van der Waals surface area contributed by atoms with E-state index in [9.17, 15) is 0 Å². The van der Waals surface area contributed by atoms with Gasteiger partial charge >= 0.3 is 0 Å². The van der Waals surface area contributed by atoms with Crippen molar-refractivity contribution in [2.45, 2.75) is 39.3 Å². The molecule has 0 N–H and O–H groups in total. The Morgan fingerprint density at radius 2 is 1.73 bits per heavy atom. The van der Waals surface area contributed by atoms with Gasteiger partial charge in [-0.05, 0) is 13.8 Å². The third kappa shape index (κ3) is 3.21. The van der Waals surface area contributed by atoms with Crippen LogP contribution in [0.2, 0.25) is 0 Å². The maximum Gasteiger partial charge on any atom is 0.167 e. The fraction of sp³-hybridized carbons (Fsp3) is 0.471. The molecule has 2 heterocycles. The van der Waals surface area contributed by atoms with Gasteiger partial charge in [0.1, 0.15) is 11.5 Å². The smallest absolute Gasteiger partial charge is 0.167 e. The molecule has 1 aromatic carbocycles. The van der Waals surface area contributed by atoms with E-state index in [1.54, 1.807) is 0 Å². The molecule has 118 valence electrons. The standard InChI is InChI=1S/C17H21NO4/c1-3-19-15-10-13-14(11-16(21-15)20-4-2)22-18-17(13)12-8-6-5-7-9-12/h5-9,15-16H,3-4,10-11H2,1-2H3/t15-,16+/m0/s1. The zero-order valence-corrected chi connectivity index (χ0v) is 13.0. The minimum Gasteiger partial charge on any atom is -0.360 e. The van der Waals surface area contributed by atoms with Crippen LogP contribution in [-0.2, 0) is 27.1 Å². The summed E-state index contributed by atoms with van der Waals surface area (Å²) in [5, 5.41) is 4.26. The second-order valence-electron chi connectivity index (χ2n) is 5.11. The van der Waals surface area contributed by atoms with Crippen LogP contribution in [0.15, 0.2) is 34.9 Å². The zero-order valence-electron chi connectivity index (χ0n) is 13.0. The van der Waals surface area contributed by atoms with Crippen molar-refractivity contribution in [1.82, 2.24) is 5.16 Å². The molecule has 5 heteroatoms. The minimum absolute atomic E-state index is 0.343. The highest BCUT2D eigenvalue weighted by atomic mass is 16.8. The van der Waals surface area contributed by atoms with E-state index >= 15 is 0 Å². The van der Waals surface area contributed by atoms with Crippen molar-refractivity contribution >= 4 is 0 Å². The average molecular weight is 303 g/mol. The molecular weight excluding hydrogens is 282 g/mol. The normalized spacial score (nSPS) is 21.4. The summed E-state index contributed by atoms with van der Waals surface area (Å²) in [6.45, 7) is 5.07. The molecule has 1 aliphatic rings. The van der Waals surface area contributed by atoms with Crippen molar-refractivity contribution in [3.8, 4) is 11.3 Å². The lowest BCUT2D eigenvalue weighted by Gasteiger charge is -2.21. The Morgan fingerprint density at radius 3 is 2.41 bits per heavy atom. The topological polar surface area (TPSA) is 53.7 Å². The third-order valence-corrected chi connectivity index (χ3v) is 3.65. The van der Waals surface area contributed by atoms with E-state index in [2.05, 4.69) is 5.16 Å². The Balaban J connectivity index is 1.93. The first-order valence-electron chi connectivity index (χ1n) is 7.73. The number of fused-ring (bicyclic) bond motifs is 1. The van der Waals surface area contributed by atoms with Crippen LogP contribution in [-0.4, -0.2) is 31.0 Å². The van der Waals surface area contributed by atoms with E-state index in [1.807, 2.05) is 44.2 Å². The fourth-order valence-corrected chi connectivity index (χ4v) is 2.69. The Labute approximate surface area is 130 Å². The Bertz CT molecular complexity index is 596.